The molecule has 2 nitrogen and oxygen atoms in total. The first-order chi connectivity index (χ1) is 9.99. The zero-order chi connectivity index (χ0) is 15.4. The Hall–Kier alpha value is 0.630. The molecule has 0 spiro atoms. The van der Waals surface area contributed by atoms with E-state index in [9.17, 15) is 4.79 Å². The quantitative estimate of drug-likeness (QED) is 0.360. The molecular formula is C17H32IO2P. The fourth-order valence-corrected chi connectivity index (χ4v) is 13.0. The van der Waals surface area contributed by atoms with Gasteiger partial charge in [-0.3, -0.25) is 0 Å². The van der Waals surface area contributed by atoms with E-state index in [0.717, 1.165) is 6.42 Å². The summed E-state index contributed by atoms with van der Waals surface area (Å²) in [7, 11) is 0. The van der Waals surface area contributed by atoms with E-state index in [1.54, 1.807) is 0 Å². The van der Waals surface area contributed by atoms with Gasteiger partial charge in [-0.25, -0.2) is 0 Å². The molecular weight excluding hydrogens is 394 g/mol. The first-order valence-corrected chi connectivity index (χ1v) is 14.5. The van der Waals surface area contributed by atoms with Gasteiger partial charge in [0.1, 0.15) is 0 Å². The van der Waals surface area contributed by atoms with Crippen molar-refractivity contribution in [2.45, 2.75) is 88.9 Å². The summed E-state index contributed by atoms with van der Waals surface area (Å²) in [6, 6.07) is 0. The molecule has 21 heavy (non-hydrogen) atoms. The van der Waals surface area contributed by atoms with Gasteiger partial charge in [0.05, 0.1) is 0 Å². The number of rotatable bonds is 5. The molecule has 0 heterocycles. The summed E-state index contributed by atoms with van der Waals surface area (Å²) < 4.78 is 3.30. The average Bonchev–Trinajstić information content (AvgIpc) is 2.54. The van der Waals surface area contributed by atoms with Crippen LogP contribution in [0.25, 0.3) is 0 Å². The summed E-state index contributed by atoms with van der Waals surface area (Å²) in [6.07, 6.45) is 13.9. The van der Waals surface area contributed by atoms with Crippen LogP contribution in [0, 0.1) is 0 Å². The topological polar surface area (TPSA) is 26.3 Å². The molecule has 0 aromatic heterocycles. The maximum absolute atomic E-state index is 13.2. The van der Waals surface area contributed by atoms with Gasteiger partial charge in [-0.05, 0) is 0 Å². The molecule has 0 aliphatic heterocycles. The minimum atomic E-state index is -2.47. The van der Waals surface area contributed by atoms with Crippen molar-refractivity contribution in [3.05, 3.63) is 0 Å². The number of carbonyl (C=O) groups excluding carboxylic acids is 1. The Morgan fingerprint density at radius 2 is 1.43 bits per heavy atom. The van der Waals surface area contributed by atoms with E-state index in [2.05, 4.69) is 35.6 Å². The SMILES string of the molecule is CCCOC(=O)P(C)(I)(C1CCCCC1)C1CCCCC1. The molecule has 0 N–H and O–H groups in total. The summed E-state index contributed by atoms with van der Waals surface area (Å²) in [5, 5.41) is 0. The molecule has 124 valence electrons. The van der Waals surface area contributed by atoms with E-state index in [-0.39, 0.29) is 5.71 Å². The van der Waals surface area contributed by atoms with Crippen LogP contribution in [0.15, 0.2) is 0 Å². The monoisotopic (exact) mass is 426 g/mol. The van der Waals surface area contributed by atoms with Gasteiger partial charge >= 0.3 is 144 Å². The molecule has 2 fully saturated rings. The van der Waals surface area contributed by atoms with Crippen LogP contribution in [0.3, 0.4) is 0 Å². The molecule has 0 amide bonds. The van der Waals surface area contributed by atoms with Crippen LogP contribution in [-0.2, 0) is 4.74 Å². The van der Waals surface area contributed by atoms with Crippen molar-refractivity contribution in [3.63, 3.8) is 0 Å². The molecule has 0 unspecified atom stereocenters. The second-order valence-electron chi connectivity index (χ2n) is 7.29. The van der Waals surface area contributed by atoms with Crippen LogP contribution in [0.1, 0.15) is 77.6 Å². The number of hydrogen-bond acceptors (Lipinski definition) is 2. The van der Waals surface area contributed by atoms with Gasteiger partial charge in [-0.2, -0.15) is 0 Å². The van der Waals surface area contributed by atoms with Gasteiger partial charge in [0.15, 0.2) is 0 Å². The van der Waals surface area contributed by atoms with Crippen molar-refractivity contribution >= 4 is 32.0 Å². The summed E-state index contributed by atoms with van der Waals surface area (Å²) in [5.74, 6) is 0. The molecule has 0 aromatic carbocycles. The molecule has 2 aliphatic carbocycles. The van der Waals surface area contributed by atoms with E-state index in [1.165, 1.54) is 64.2 Å². The first-order valence-electron chi connectivity index (χ1n) is 8.89. The Kier molecular flexibility index (Phi) is 6.39. The third kappa shape index (κ3) is 3.59. The van der Waals surface area contributed by atoms with Crippen LogP contribution < -0.4 is 0 Å². The molecule has 0 atom stereocenters. The second kappa shape index (κ2) is 7.47. The van der Waals surface area contributed by atoms with Crippen LogP contribution in [-0.4, -0.2) is 30.3 Å². The van der Waals surface area contributed by atoms with Crippen molar-refractivity contribution < 1.29 is 9.53 Å². The second-order valence-corrected chi connectivity index (χ2v) is 20.0. The standard InChI is InChI=1S/C17H32IO2P/c1-3-14-20-17(19)21(2,18,15-10-6-4-7-11-15)16-12-8-5-9-13-16/h15-16H,3-14H2,1-2H3. The fourth-order valence-electron chi connectivity index (χ4n) is 4.38. The van der Waals surface area contributed by atoms with Gasteiger partial charge in [-0.1, -0.05) is 0 Å². The van der Waals surface area contributed by atoms with Crippen LogP contribution >= 0.6 is 26.3 Å². The van der Waals surface area contributed by atoms with Crippen molar-refractivity contribution in [1.29, 1.82) is 0 Å². The Labute approximate surface area is 143 Å². The third-order valence-corrected chi connectivity index (χ3v) is 17.4. The van der Waals surface area contributed by atoms with Crippen molar-refractivity contribution in [2.24, 2.45) is 0 Å². The van der Waals surface area contributed by atoms with Gasteiger partial charge in [0, 0.05) is 0 Å². The molecule has 2 saturated carbocycles. The predicted molar refractivity (Wildman–Crippen MR) is 102 cm³/mol. The molecule has 0 aromatic rings. The molecule has 0 radical (unpaired) electrons. The van der Waals surface area contributed by atoms with E-state index in [0.29, 0.717) is 17.9 Å². The number of halogens is 1. The average molecular weight is 426 g/mol. The number of carbonyl (C=O) groups is 1. The van der Waals surface area contributed by atoms with Gasteiger partial charge in [-0.15, -0.1) is 0 Å². The summed E-state index contributed by atoms with van der Waals surface area (Å²) in [6.45, 7) is 5.06. The Balaban J connectivity index is 2.28. The van der Waals surface area contributed by atoms with Crippen LogP contribution in [0.4, 0.5) is 4.79 Å². The van der Waals surface area contributed by atoms with Crippen molar-refractivity contribution in [3.8, 4) is 0 Å². The summed E-state index contributed by atoms with van der Waals surface area (Å²) in [4.78, 5) is 13.2. The molecule has 0 saturated heterocycles. The molecule has 0 bridgehead atoms. The van der Waals surface area contributed by atoms with E-state index >= 15 is 0 Å². The van der Waals surface area contributed by atoms with Crippen LogP contribution in [0.5, 0.6) is 0 Å². The normalized spacial score (nSPS) is 24.2. The van der Waals surface area contributed by atoms with Gasteiger partial charge in [0.2, 0.25) is 0 Å². The fraction of sp³-hybridized carbons (Fsp3) is 0.941. The Bertz CT molecular complexity index is 336. The van der Waals surface area contributed by atoms with E-state index in [4.69, 9.17) is 4.74 Å². The summed E-state index contributed by atoms with van der Waals surface area (Å²) in [5.41, 5.74) is 1.46. The Morgan fingerprint density at radius 1 is 1.00 bits per heavy atom. The van der Waals surface area contributed by atoms with Crippen LogP contribution in [0.2, 0.25) is 0 Å². The zero-order valence-electron chi connectivity index (χ0n) is 13.8. The summed E-state index contributed by atoms with van der Waals surface area (Å²) >= 11 is 2.67. The third-order valence-electron chi connectivity index (χ3n) is 5.83. The number of hydrogen-bond donors (Lipinski definition) is 0. The molecule has 4 heteroatoms. The van der Waals surface area contributed by atoms with Crippen molar-refractivity contribution in [1.82, 2.24) is 0 Å². The first kappa shape index (κ1) is 18.0. The predicted octanol–water partition coefficient (Wildman–Crippen LogP) is 6.73. The van der Waals surface area contributed by atoms with E-state index < -0.39 is 4.25 Å². The van der Waals surface area contributed by atoms with Gasteiger partial charge in [0.25, 0.3) is 0 Å². The number of ether oxygens (including phenoxy) is 1. The van der Waals surface area contributed by atoms with E-state index in [1.807, 2.05) is 0 Å². The van der Waals surface area contributed by atoms with Crippen molar-refractivity contribution in [2.75, 3.05) is 13.3 Å². The molecule has 2 rings (SSSR count). The maximum atomic E-state index is 13.2. The molecule has 2 aliphatic rings. The Morgan fingerprint density at radius 3 is 1.81 bits per heavy atom. The minimum absolute atomic E-state index is 0.210. The zero-order valence-corrected chi connectivity index (χ0v) is 16.8. The van der Waals surface area contributed by atoms with Gasteiger partial charge < -0.3 is 0 Å².